The Morgan fingerprint density at radius 2 is 1.70 bits per heavy atom. The Morgan fingerprint density at radius 3 is 2.39 bits per heavy atom. The Hall–Kier alpha value is -2.53. The molecule has 0 aromatic heterocycles. The van der Waals surface area contributed by atoms with Crippen LogP contribution in [-0.2, 0) is 11.3 Å². The molecule has 122 valence electrons. The summed E-state index contributed by atoms with van der Waals surface area (Å²) in [6, 6.07) is 17.2. The zero-order valence-corrected chi connectivity index (χ0v) is 13.6. The van der Waals surface area contributed by atoms with Crippen LogP contribution < -0.4 is 15.6 Å². The predicted octanol–water partition coefficient (Wildman–Crippen LogP) is 4.01. The molecular formula is C18H22N2O3. The minimum Gasteiger partial charge on any atom is -0.457 e. The van der Waals surface area contributed by atoms with E-state index in [1.165, 1.54) is 0 Å². The van der Waals surface area contributed by atoms with Crippen LogP contribution >= 0.6 is 0 Å². The second-order valence-corrected chi connectivity index (χ2v) is 6.04. The van der Waals surface area contributed by atoms with Crippen LogP contribution in [0.4, 0.5) is 4.79 Å². The number of carbonyl (C=O) groups excluding carboxylic acids is 1. The lowest BCUT2D eigenvalue weighted by atomic mass is 10.2. The van der Waals surface area contributed by atoms with Crippen molar-refractivity contribution in [1.29, 1.82) is 0 Å². The molecule has 0 bridgehead atoms. The fraction of sp³-hybridized carbons (Fsp3) is 0.278. The smallest absolute Gasteiger partial charge is 0.422 e. The Bertz CT molecular complexity index is 636. The molecule has 0 heterocycles. The maximum absolute atomic E-state index is 11.5. The number of rotatable bonds is 5. The highest BCUT2D eigenvalue weighted by atomic mass is 16.6. The predicted molar refractivity (Wildman–Crippen MR) is 89.2 cm³/mol. The van der Waals surface area contributed by atoms with Crippen molar-refractivity contribution >= 4 is 6.09 Å². The molecule has 1 amide bonds. The number of carbonyl (C=O) groups is 1. The molecule has 2 aromatic carbocycles. The van der Waals surface area contributed by atoms with Crippen LogP contribution in [0.25, 0.3) is 0 Å². The van der Waals surface area contributed by atoms with Gasteiger partial charge in [-0.15, -0.1) is 0 Å². The number of hydrogen-bond acceptors (Lipinski definition) is 4. The first-order chi connectivity index (χ1) is 10.9. The fourth-order valence-corrected chi connectivity index (χ4v) is 1.87. The molecule has 0 radical (unpaired) electrons. The highest BCUT2D eigenvalue weighted by Gasteiger charge is 2.15. The second kappa shape index (κ2) is 7.65. The molecule has 0 aliphatic carbocycles. The molecule has 5 heteroatoms. The van der Waals surface area contributed by atoms with Gasteiger partial charge in [0.15, 0.2) is 0 Å². The zero-order valence-electron chi connectivity index (χ0n) is 13.6. The van der Waals surface area contributed by atoms with Gasteiger partial charge in [0.2, 0.25) is 0 Å². The number of ether oxygens (including phenoxy) is 2. The van der Waals surface area contributed by atoms with E-state index in [1.807, 2.05) is 75.4 Å². The largest absolute Gasteiger partial charge is 0.457 e. The van der Waals surface area contributed by atoms with Crippen molar-refractivity contribution < 1.29 is 14.3 Å². The van der Waals surface area contributed by atoms with Gasteiger partial charge in [-0.25, -0.2) is 10.2 Å². The molecule has 0 saturated heterocycles. The van der Waals surface area contributed by atoms with Crippen LogP contribution in [0.1, 0.15) is 26.3 Å². The van der Waals surface area contributed by atoms with E-state index in [0.717, 1.165) is 17.1 Å². The van der Waals surface area contributed by atoms with Crippen molar-refractivity contribution in [2.75, 3.05) is 0 Å². The fourth-order valence-electron chi connectivity index (χ4n) is 1.87. The van der Waals surface area contributed by atoms with Crippen molar-refractivity contribution in [2.24, 2.45) is 0 Å². The zero-order chi connectivity index (χ0) is 16.7. The van der Waals surface area contributed by atoms with E-state index in [-0.39, 0.29) is 0 Å². The molecular weight excluding hydrogens is 292 g/mol. The van der Waals surface area contributed by atoms with Crippen molar-refractivity contribution in [2.45, 2.75) is 32.9 Å². The van der Waals surface area contributed by atoms with Gasteiger partial charge in [0.05, 0.1) is 0 Å². The molecule has 2 N–H and O–H groups in total. The van der Waals surface area contributed by atoms with Crippen LogP contribution in [0.15, 0.2) is 54.6 Å². The van der Waals surface area contributed by atoms with Crippen LogP contribution in [0, 0.1) is 0 Å². The summed E-state index contributed by atoms with van der Waals surface area (Å²) in [4.78, 5) is 11.5. The third-order valence-corrected chi connectivity index (χ3v) is 2.76. The first kappa shape index (κ1) is 16.8. The summed E-state index contributed by atoms with van der Waals surface area (Å²) in [5.41, 5.74) is 5.80. The molecule has 23 heavy (non-hydrogen) atoms. The van der Waals surface area contributed by atoms with E-state index in [0.29, 0.717) is 6.54 Å². The van der Waals surface area contributed by atoms with Gasteiger partial charge in [0.1, 0.15) is 17.1 Å². The summed E-state index contributed by atoms with van der Waals surface area (Å²) in [6.45, 7) is 5.91. The van der Waals surface area contributed by atoms with Crippen molar-refractivity contribution in [1.82, 2.24) is 10.9 Å². The standard InChI is InChI=1S/C18H22N2O3/c1-18(2,3)23-17(21)20-19-13-14-8-7-11-16(12-14)22-15-9-5-4-6-10-15/h4-12,19H,13H2,1-3H3,(H,20,21). The SMILES string of the molecule is CC(C)(C)OC(=O)NNCc1cccc(Oc2ccccc2)c1. The Morgan fingerprint density at radius 1 is 1.00 bits per heavy atom. The summed E-state index contributed by atoms with van der Waals surface area (Å²) in [5.74, 6) is 1.53. The number of benzene rings is 2. The van der Waals surface area contributed by atoms with Crippen LogP contribution in [0.2, 0.25) is 0 Å². The third-order valence-electron chi connectivity index (χ3n) is 2.76. The summed E-state index contributed by atoms with van der Waals surface area (Å²) in [6.07, 6.45) is -0.505. The van der Waals surface area contributed by atoms with Gasteiger partial charge in [0, 0.05) is 6.54 Å². The van der Waals surface area contributed by atoms with Gasteiger partial charge < -0.3 is 9.47 Å². The van der Waals surface area contributed by atoms with Crippen molar-refractivity contribution in [3.63, 3.8) is 0 Å². The van der Waals surface area contributed by atoms with E-state index < -0.39 is 11.7 Å². The quantitative estimate of drug-likeness (QED) is 0.819. The number of hydrogen-bond donors (Lipinski definition) is 2. The summed E-state index contributed by atoms with van der Waals surface area (Å²) in [5, 5.41) is 0. The minimum atomic E-state index is -0.519. The number of nitrogens with one attached hydrogen (secondary N) is 2. The number of para-hydroxylation sites is 1. The Kier molecular flexibility index (Phi) is 5.60. The first-order valence-corrected chi connectivity index (χ1v) is 7.46. The first-order valence-electron chi connectivity index (χ1n) is 7.46. The molecule has 2 aromatic rings. The molecule has 0 atom stereocenters. The van der Waals surface area contributed by atoms with Gasteiger partial charge >= 0.3 is 6.09 Å². The second-order valence-electron chi connectivity index (χ2n) is 6.04. The molecule has 0 fully saturated rings. The molecule has 0 aliphatic rings. The molecule has 5 nitrogen and oxygen atoms in total. The lowest BCUT2D eigenvalue weighted by Gasteiger charge is -2.19. The van der Waals surface area contributed by atoms with E-state index in [4.69, 9.17) is 9.47 Å². The van der Waals surface area contributed by atoms with E-state index in [1.54, 1.807) is 0 Å². The topological polar surface area (TPSA) is 59.6 Å². The number of hydrazine groups is 1. The maximum atomic E-state index is 11.5. The molecule has 0 spiro atoms. The highest BCUT2D eigenvalue weighted by Crippen LogP contribution is 2.21. The van der Waals surface area contributed by atoms with Crippen molar-refractivity contribution in [3.8, 4) is 11.5 Å². The Labute approximate surface area is 136 Å². The van der Waals surface area contributed by atoms with Crippen LogP contribution in [0.5, 0.6) is 11.5 Å². The average molecular weight is 314 g/mol. The van der Waals surface area contributed by atoms with E-state index >= 15 is 0 Å². The summed E-state index contributed by atoms with van der Waals surface area (Å²) < 4.78 is 10.9. The average Bonchev–Trinajstić information content (AvgIpc) is 2.47. The molecule has 2 rings (SSSR count). The van der Waals surface area contributed by atoms with Gasteiger partial charge in [-0.1, -0.05) is 30.3 Å². The summed E-state index contributed by atoms with van der Waals surface area (Å²) >= 11 is 0. The lowest BCUT2D eigenvalue weighted by Crippen LogP contribution is -2.40. The monoisotopic (exact) mass is 314 g/mol. The molecule has 0 aliphatic heterocycles. The third kappa shape index (κ3) is 6.40. The Balaban J connectivity index is 1.84. The van der Waals surface area contributed by atoms with Crippen molar-refractivity contribution in [3.05, 3.63) is 60.2 Å². The van der Waals surface area contributed by atoms with E-state index in [2.05, 4.69) is 10.9 Å². The lowest BCUT2D eigenvalue weighted by molar-refractivity contribution is 0.0497. The van der Waals surface area contributed by atoms with Gasteiger partial charge in [0.25, 0.3) is 0 Å². The van der Waals surface area contributed by atoms with Gasteiger partial charge in [-0.2, -0.15) is 0 Å². The highest BCUT2D eigenvalue weighted by molar-refractivity contribution is 5.66. The molecule has 0 unspecified atom stereocenters. The normalized spacial score (nSPS) is 10.9. The van der Waals surface area contributed by atoms with Gasteiger partial charge in [-0.05, 0) is 50.6 Å². The summed E-state index contributed by atoms with van der Waals surface area (Å²) in [7, 11) is 0. The maximum Gasteiger partial charge on any atom is 0.422 e. The van der Waals surface area contributed by atoms with Crippen LogP contribution in [-0.4, -0.2) is 11.7 Å². The number of amides is 1. The molecule has 0 saturated carbocycles. The van der Waals surface area contributed by atoms with E-state index in [9.17, 15) is 4.79 Å². The minimum absolute atomic E-state index is 0.464. The van der Waals surface area contributed by atoms with Gasteiger partial charge in [-0.3, -0.25) is 5.43 Å². The van der Waals surface area contributed by atoms with Crippen LogP contribution in [0.3, 0.4) is 0 Å².